The van der Waals surface area contributed by atoms with E-state index in [-0.39, 0.29) is 28.4 Å². The fourth-order valence-electron chi connectivity index (χ4n) is 4.99. The highest BCUT2D eigenvalue weighted by Crippen LogP contribution is 2.34. The fraction of sp³-hybridized carbons (Fsp3) is 0.357. The molecular weight excluding hydrogens is 497 g/mol. The standard InChI is InChI=1S/C28H29ClFN3O4/c29-23-18-22(11-12-24(23)30)33(28(35)25-6-3-15-37-25)26(27(34)31-20-4-1-2-5-20)19-7-9-21(10-8-19)32-13-16-36-17-14-32/h3,6-12,15,18,20,26H,1-2,4-5,13-14,16-17H2,(H,31,34)/t26-/m0/s1. The molecule has 0 spiro atoms. The molecule has 1 aromatic heterocycles. The maximum atomic E-state index is 14.1. The van der Waals surface area contributed by atoms with Crippen molar-refractivity contribution in [3.8, 4) is 0 Å². The number of hydrogen-bond donors (Lipinski definition) is 1. The predicted octanol–water partition coefficient (Wildman–Crippen LogP) is 5.36. The molecule has 2 aliphatic rings. The van der Waals surface area contributed by atoms with Gasteiger partial charge in [-0.05, 0) is 60.9 Å². The minimum Gasteiger partial charge on any atom is -0.459 e. The molecule has 3 aromatic rings. The normalized spacial score (nSPS) is 17.0. The second-order valence-corrected chi connectivity index (χ2v) is 9.74. The molecule has 2 fully saturated rings. The quantitative estimate of drug-likeness (QED) is 0.450. The molecule has 5 rings (SSSR count). The van der Waals surface area contributed by atoms with Crippen LogP contribution in [0, 0.1) is 5.82 Å². The number of nitrogens with zero attached hydrogens (tertiary/aromatic N) is 2. The summed E-state index contributed by atoms with van der Waals surface area (Å²) in [6.45, 7) is 2.88. The Morgan fingerprint density at radius 2 is 1.78 bits per heavy atom. The van der Waals surface area contributed by atoms with Crippen LogP contribution >= 0.6 is 11.6 Å². The largest absolute Gasteiger partial charge is 0.459 e. The Morgan fingerprint density at radius 3 is 2.43 bits per heavy atom. The van der Waals surface area contributed by atoms with Gasteiger partial charge in [-0.15, -0.1) is 0 Å². The molecule has 0 bridgehead atoms. The third-order valence-electron chi connectivity index (χ3n) is 6.93. The summed E-state index contributed by atoms with van der Waals surface area (Å²) < 4.78 is 24.9. The Labute approximate surface area is 220 Å². The fourth-order valence-corrected chi connectivity index (χ4v) is 5.17. The smallest absolute Gasteiger partial charge is 0.294 e. The van der Waals surface area contributed by atoms with Crippen LogP contribution in [-0.2, 0) is 9.53 Å². The minimum atomic E-state index is -1.03. The molecule has 37 heavy (non-hydrogen) atoms. The summed E-state index contributed by atoms with van der Waals surface area (Å²) in [5.41, 5.74) is 1.92. The van der Waals surface area contributed by atoms with Gasteiger partial charge in [-0.2, -0.15) is 0 Å². The Morgan fingerprint density at radius 1 is 1.05 bits per heavy atom. The van der Waals surface area contributed by atoms with Crippen LogP contribution in [0.5, 0.6) is 0 Å². The first-order valence-corrected chi connectivity index (χ1v) is 12.9. The number of amides is 2. The van der Waals surface area contributed by atoms with Crippen molar-refractivity contribution in [3.05, 3.63) is 83.0 Å². The van der Waals surface area contributed by atoms with Gasteiger partial charge in [-0.25, -0.2) is 4.39 Å². The summed E-state index contributed by atoms with van der Waals surface area (Å²) in [5.74, 6) is -1.40. The molecule has 1 aliphatic heterocycles. The summed E-state index contributed by atoms with van der Waals surface area (Å²) >= 11 is 6.11. The van der Waals surface area contributed by atoms with Crippen molar-refractivity contribution in [1.29, 1.82) is 0 Å². The minimum absolute atomic E-state index is 0.0417. The van der Waals surface area contributed by atoms with E-state index < -0.39 is 17.8 Å². The van der Waals surface area contributed by atoms with Gasteiger partial charge in [0, 0.05) is 30.5 Å². The van der Waals surface area contributed by atoms with Gasteiger partial charge >= 0.3 is 0 Å². The lowest BCUT2D eigenvalue weighted by Crippen LogP contribution is -2.46. The van der Waals surface area contributed by atoms with Crippen LogP contribution in [0.25, 0.3) is 0 Å². The summed E-state index contributed by atoms with van der Waals surface area (Å²) in [4.78, 5) is 31.2. The summed E-state index contributed by atoms with van der Waals surface area (Å²) in [6.07, 6.45) is 5.28. The maximum Gasteiger partial charge on any atom is 0.294 e. The number of hydrogen-bond acceptors (Lipinski definition) is 5. The Hall–Kier alpha value is -3.36. The van der Waals surface area contributed by atoms with E-state index in [1.807, 2.05) is 24.3 Å². The van der Waals surface area contributed by atoms with Crippen molar-refractivity contribution in [1.82, 2.24) is 5.32 Å². The molecule has 9 heteroatoms. The molecule has 0 unspecified atom stereocenters. The topological polar surface area (TPSA) is 75.0 Å². The van der Waals surface area contributed by atoms with E-state index in [1.54, 1.807) is 6.07 Å². The number of nitrogens with one attached hydrogen (secondary N) is 1. The average Bonchev–Trinajstić information content (AvgIpc) is 3.64. The third-order valence-corrected chi connectivity index (χ3v) is 7.21. The summed E-state index contributed by atoms with van der Waals surface area (Å²) in [6, 6.07) is 13.8. The van der Waals surface area contributed by atoms with Crippen LogP contribution < -0.4 is 15.1 Å². The molecular formula is C28H29ClFN3O4. The van der Waals surface area contributed by atoms with Gasteiger partial charge in [0.2, 0.25) is 5.91 Å². The first kappa shape index (κ1) is 25.3. The number of carbonyl (C=O) groups excluding carboxylic acids is 2. The second kappa shape index (κ2) is 11.4. The highest BCUT2D eigenvalue weighted by atomic mass is 35.5. The Bertz CT molecular complexity index is 1220. The van der Waals surface area contributed by atoms with Crippen LogP contribution in [0.2, 0.25) is 5.02 Å². The number of furan rings is 1. The lowest BCUT2D eigenvalue weighted by Gasteiger charge is -2.33. The van der Waals surface area contributed by atoms with E-state index in [0.717, 1.165) is 44.5 Å². The maximum absolute atomic E-state index is 14.1. The Balaban J connectivity index is 1.56. The van der Waals surface area contributed by atoms with Crippen LogP contribution in [-0.4, -0.2) is 44.2 Å². The van der Waals surface area contributed by atoms with Crippen LogP contribution in [0.3, 0.4) is 0 Å². The zero-order valence-electron chi connectivity index (χ0n) is 20.4. The predicted molar refractivity (Wildman–Crippen MR) is 140 cm³/mol. The van der Waals surface area contributed by atoms with Crippen LogP contribution in [0.15, 0.2) is 65.3 Å². The molecule has 0 radical (unpaired) electrons. The summed E-state index contributed by atoms with van der Waals surface area (Å²) in [7, 11) is 0. The highest BCUT2D eigenvalue weighted by Gasteiger charge is 2.36. The van der Waals surface area contributed by atoms with Gasteiger partial charge < -0.3 is 19.4 Å². The van der Waals surface area contributed by atoms with Gasteiger partial charge in [0.15, 0.2) is 5.76 Å². The van der Waals surface area contributed by atoms with Gasteiger partial charge in [-0.1, -0.05) is 36.6 Å². The lowest BCUT2D eigenvalue weighted by molar-refractivity contribution is -0.123. The molecule has 2 amide bonds. The van der Waals surface area contributed by atoms with E-state index in [2.05, 4.69) is 10.2 Å². The van der Waals surface area contributed by atoms with Crippen LogP contribution in [0.4, 0.5) is 15.8 Å². The van der Waals surface area contributed by atoms with Gasteiger partial charge in [0.25, 0.3) is 5.91 Å². The molecule has 1 N–H and O–H groups in total. The first-order valence-electron chi connectivity index (χ1n) is 12.6. The van der Waals surface area contributed by atoms with Crippen molar-refractivity contribution in [2.24, 2.45) is 0 Å². The van der Waals surface area contributed by atoms with Gasteiger partial charge in [0.05, 0.1) is 24.5 Å². The summed E-state index contributed by atoms with van der Waals surface area (Å²) in [5, 5.41) is 2.99. The van der Waals surface area contributed by atoms with Crippen molar-refractivity contribution < 1.29 is 23.1 Å². The number of halogens is 2. The van der Waals surface area contributed by atoms with Gasteiger partial charge in [-0.3, -0.25) is 14.5 Å². The average molecular weight is 526 g/mol. The SMILES string of the molecule is O=C(NC1CCCC1)[C@H](c1ccc(N2CCOCC2)cc1)N(C(=O)c1ccco1)c1ccc(F)c(Cl)c1. The zero-order chi connectivity index (χ0) is 25.8. The number of rotatable bonds is 7. The molecule has 1 aliphatic carbocycles. The van der Waals surface area contributed by atoms with Crippen molar-refractivity contribution in [3.63, 3.8) is 0 Å². The number of carbonyl (C=O) groups is 2. The molecule has 1 atom stereocenters. The number of ether oxygens (including phenoxy) is 1. The molecule has 2 heterocycles. The van der Waals surface area contributed by atoms with Crippen molar-refractivity contribution in [2.45, 2.75) is 37.8 Å². The van der Waals surface area contributed by atoms with E-state index >= 15 is 0 Å². The number of morpholine rings is 1. The van der Waals surface area contributed by atoms with Crippen molar-refractivity contribution in [2.75, 3.05) is 36.1 Å². The molecule has 194 valence electrons. The van der Waals surface area contributed by atoms with Crippen LogP contribution in [0.1, 0.15) is 47.8 Å². The Kier molecular flexibility index (Phi) is 7.76. The second-order valence-electron chi connectivity index (χ2n) is 9.33. The van der Waals surface area contributed by atoms with Crippen molar-refractivity contribution >= 4 is 34.8 Å². The molecule has 7 nitrogen and oxygen atoms in total. The van der Waals surface area contributed by atoms with E-state index in [0.29, 0.717) is 18.8 Å². The third kappa shape index (κ3) is 5.65. The number of anilines is 2. The molecule has 2 aromatic carbocycles. The molecule has 1 saturated carbocycles. The highest BCUT2D eigenvalue weighted by molar-refractivity contribution is 6.31. The number of benzene rings is 2. The van der Waals surface area contributed by atoms with Gasteiger partial charge in [0.1, 0.15) is 11.9 Å². The monoisotopic (exact) mass is 525 g/mol. The lowest BCUT2D eigenvalue weighted by atomic mass is 10.0. The van der Waals surface area contributed by atoms with E-state index in [1.165, 1.54) is 35.4 Å². The first-order chi connectivity index (χ1) is 18.0. The van der Waals surface area contributed by atoms with E-state index in [4.69, 9.17) is 20.8 Å². The van der Waals surface area contributed by atoms with E-state index in [9.17, 15) is 14.0 Å². The molecule has 1 saturated heterocycles. The zero-order valence-corrected chi connectivity index (χ0v) is 21.1.